The summed E-state index contributed by atoms with van der Waals surface area (Å²) >= 11 is 0. The number of nitrogens with one attached hydrogen (secondary N) is 2. The lowest BCUT2D eigenvalue weighted by atomic mass is 10.00. The van der Waals surface area contributed by atoms with Gasteiger partial charge in [-0.15, -0.1) is 0 Å². The molecule has 1 saturated heterocycles. The molecular weight excluding hydrogens is 262 g/mol. The second-order valence-corrected chi connectivity index (χ2v) is 6.14. The van der Waals surface area contributed by atoms with Gasteiger partial charge in [0.15, 0.2) is 0 Å². The Morgan fingerprint density at radius 3 is 3.00 bits per heavy atom. The summed E-state index contributed by atoms with van der Waals surface area (Å²) in [7, 11) is 0. The SMILES string of the molecule is O=C(CC1CCCN1)NCCN1CCc2ccccc2C1. The minimum absolute atomic E-state index is 0.187. The lowest BCUT2D eigenvalue weighted by Gasteiger charge is -2.28. The molecule has 2 aliphatic heterocycles. The van der Waals surface area contributed by atoms with Crippen LogP contribution in [0.4, 0.5) is 0 Å². The van der Waals surface area contributed by atoms with Crippen LogP contribution in [-0.2, 0) is 17.8 Å². The van der Waals surface area contributed by atoms with Crippen LogP contribution in [0, 0.1) is 0 Å². The third kappa shape index (κ3) is 4.05. The third-order valence-corrected chi connectivity index (χ3v) is 4.55. The lowest BCUT2D eigenvalue weighted by Crippen LogP contribution is -2.39. The molecule has 0 aliphatic carbocycles. The van der Waals surface area contributed by atoms with Gasteiger partial charge >= 0.3 is 0 Å². The molecule has 2 aliphatic rings. The minimum Gasteiger partial charge on any atom is -0.355 e. The van der Waals surface area contributed by atoms with Crippen molar-refractivity contribution in [2.45, 2.75) is 38.3 Å². The van der Waals surface area contributed by atoms with Crippen LogP contribution in [-0.4, -0.2) is 43.0 Å². The highest BCUT2D eigenvalue weighted by Crippen LogP contribution is 2.17. The minimum atomic E-state index is 0.187. The maximum Gasteiger partial charge on any atom is 0.221 e. The maximum absolute atomic E-state index is 11.9. The molecule has 1 unspecified atom stereocenters. The Hall–Kier alpha value is -1.39. The summed E-state index contributed by atoms with van der Waals surface area (Å²) in [6.07, 6.45) is 4.08. The molecule has 4 nitrogen and oxygen atoms in total. The number of benzene rings is 1. The van der Waals surface area contributed by atoms with Gasteiger partial charge in [0.05, 0.1) is 0 Å². The van der Waals surface area contributed by atoms with E-state index in [-0.39, 0.29) is 5.91 Å². The molecule has 0 aromatic heterocycles. The molecule has 1 fully saturated rings. The van der Waals surface area contributed by atoms with Crippen LogP contribution < -0.4 is 10.6 Å². The van der Waals surface area contributed by atoms with E-state index in [1.54, 1.807) is 0 Å². The van der Waals surface area contributed by atoms with Gasteiger partial charge in [-0.05, 0) is 36.9 Å². The van der Waals surface area contributed by atoms with Crippen molar-refractivity contribution in [2.75, 3.05) is 26.2 Å². The fourth-order valence-corrected chi connectivity index (χ4v) is 3.33. The van der Waals surface area contributed by atoms with E-state index in [1.807, 2.05) is 0 Å². The van der Waals surface area contributed by atoms with Crippen molar-refractivity contribution in [1.29, 1.82) is 0 Å². The summed E-state index contributed by atoms with van der Waals surface area (Å²) < 4.78 is 0. The highest BCUT2D eigenvalue weighted by molar-refractivity contribution is 5.76. The molecule has 0 bridgehead atoms. The van der Waals surface area contributed by atoms with E-state index in [0.29, 0.717) is 12.5 Å². The van der Waals surface area contributed by atoms with Crippen LogP contribution in [0.2, 0.25) is 0 Å². The summed E-state index contributed by atoms with van der Waals surface area (Å²) in [6, 6.07) is 9.06. The van der Waals surface area contributed by atoms with Crippen molar-refractivity contribution in [3.8, 4) is 0 Å². The molecule has 1 amide bonds. The number of fused-ring (bicyclic) bond motifs is 1. The predicted molar refractivity (Wildman–Crippen MR) is 84.1 cm³/mol. The van der Waals surface area contributed by atoms with Crippen molar-refractivity contribution < 1.29 is 4.79 Å². The first kappa shape index (κ1) is 14.5. The van der Waals surface area contributed by atoms with Gasteiger partial charge in [0, 0.05) is 38.6 Å². The smallest absolute Gasteiger partial charge is 0.221 e. The van der Waals surface area contributed by atoms with Crippen LogP contribution in [0.3, 0.4) is 0 Å². The van der Waals surface area contributed by atoms with Crippen LogP contribution in [0.5, 0.6) is 0 Å². The summed E-state index contributed by atoms with van der Waals surface area (Å²) in [5.74, 6) is 0.187. The average molecular weight is 287 g/mol. The Morgan fingerprint density at radius 2 is 2.19 bits per heavy atom. The van der Waals surface area contributed by atoms with Gasteiger partial charge in [-0.2, -0.15) is 0 Å². The molecule has 114 valence electrons. The van der Waals surface area contributed by atoms with Crippen molar-refractivity contribution in [2.24, 2.45) is 0 Å². The summed E-state index contributed by atoms with van der Waals surface area (Å²) in [4.78, 5) is 14.3. The quantitative estimate of drug-likeness (QED) is 0.858. The average Bonchev–Trinajstić information content (AvgIpc) is 3.00. The van der Waals surface area contributed by atoms with Crippen LogP contribution in [0.15, 0.2) is 24.3 Å². The molecular formula is C17H25N3O. The van der Waals surface area contributed by atoms with Gasteiger partial charge in [0.2, 0.25) is 5.91 Å². The van der Waals surface area contributed by atoms with E-state index in [4.69, 9.17) is 0 Å². The topological polar surface area (TPSA) is 44.4 Å². The van der Waals surface area contributed by atoms with E-state index in [2.05, 4.69) is 39.8 Å². The first-order valence-electron chi connectivity index (χ1n) is 8.10. The van der Waals surface area contributed by atoms with E-state index in [0.717, 1.165) is 45.6 Å². The third-order valence-electron chi connectivity index (χ3n) is 4.55. The first-order chi connectivity index (χ1) is 10.3. The number of nitrogens with zero attached hydrogens (tertiary/aromatic N) is 1. The Balaban J connectivity index is 1.37. The molecule has 0 spiro atoms. The molecule has 1 aromatic rings. The van der Waals surface area contributed by atoms with E-state index >= 15 is 0 Å². The predicted octanol–water partition coefficient (Wildman–Crippen LogP) is 1.30. The number of hydrogen-bond donors (Lipinski definition) is 2. The van der Waals surface area contributed by atoms with Gasteiger partial charge in [0.25, 0.3) is 0 Å². The Morgan fingerprint density at radius 1 is 1.33 bits per heavy atom. The van der Waals surface area contributed by atoms with Crippen LogP contribution >= 0.6 is 0 Å². The van der Waals surface area contributed by atoms with Gasteiger partial charge in [-0.3, -0.25) is 9.69 Å². The van der Waals surface area contributed by atoms with Gasteiger partial charge in [0.1, 0.15) is 0 Å². The monoisotopic (exact) mass is 287 g/mol. The molecule has 3 rings (SSSR count). The zero-order chi connectivity index (χ0) is 14.5. The largest absolute Gasteiger partial charge is 0.355 e. The van der Waals surface area contributed by atoms with Crippen molar-refractivity contribution in [3.63, 3.8) is 0 Å². The molecule has 0 saturated carbocycles. The van der Waals surface area contributed by atoms with Gasteiger partial charge in [-0.1, -0.05) is 24.3 Å². The highest BCUT2D eigenvalue weighted by Gasteiger charge is 2.18. The van der Waals surface area contributed by atoms with E-state index in [9.17, 15) is 4.79 Å². The van der Waals surface area contributed by atoms with Crippen molar-refractivity contribution in [3.05, 3.63) is 35.4 Å². The molecule has 1 aromatic carbocycles. The standard InChI is InChI=1S/C17H25N3O/c21-17(12-16-6-3-8-18-16)19-9-11-20-10-7-14-4-1-2-5-15(14)13-20/h1-2,4-5,16,18H,3,6-13H2,(H,19,21). The zero-order valence-corrected chi connectivity index (χ0v) is 12.6. The normalized spacial score (nSPS) is 22.0. The Labute approximate surface area is 126 Å². The summed E-state index contributed by atoms with van der Waals surface area (Å²) in [5.41, 5.74) is 2.91. The van der Waals surface area contributed by atoms with E-state index in [1.165, 1.54) is 17.5 Å². The van der Waals surface area contributed by atoms with E-state index < -0.39 is 0 Å². The number of carbonyl (C=O) groups is 1. The van der Waals surface area contributed by atoms with Gasteiger partial charge in [-0.25, -0.2) is 0 Å². The zero-order valence-electron chi connectivity index (χ0n) is 12.6. The number of carbonyl (C=O) groups excluding carboxylic acids is 1. The van der Waals surface area contributed by atoms with Crippen molar-refractivity contribution in [1.82, 2.24) is 15.5 Å². The fraction of sp³-hybridized carbons (Fsp3) is 0.588. The van der Waals surface area contributed by atoms with Crippen LogP contribution in [0.25, 0.3) is 0 Å². The second kappa shape index (κ2) is 7.05. The lowest BCUT2D eigenvalue weighted by molar-refractivity contribution is -0.121. The van der Waals surface area contributed by atoms with Crippen molar-refractivity contribution >= 4 is 5.91 Å². The molecule has 4 heteroatoms. The maximum atomic E-state index is 11.9. The molecule has 2 N–H and O–H groups in total. The summed E-state index contributed by atoms with van der Waals surface area (Å²) in [5, 5.41) is 6.43. The Bertz CT molecular complexity index is 483. The van der Waals surface area contributed by atoms with Gasteiger partial charge < -0.3 is 10.6 Å². The number of hydrogen-bond acceptors (Lipinski definition) is 3. The fourth-order valence-electron chi connectivity index (χ4n) is 3.33. The Kier molecular flexibility index (Phi) is 4.88. The highest BCUT2D eigenvalue weighted by atomic mass is 16.1. The number of amides is 1. The van der Waals surface area contributed by atoms with Crippen LogP contribution in [0.1, 0.15) is 30.4 Å². The second-order valence-electron chi connectivity index (χ2n) is 6.14. The summed E-state index contributed by atoms with van der Waals surface area (Å²) in [6.45, 7) is 4.87. The number of rotatable bonds is 5. The molecule has 0 radical (unpaired) electrons. The first-order valence-corrected chi connectivity index (χ1v) is 8.10. The molecule has 21 heavy (non-hydrogen) atoms. The molecule has 2 heterocycles. The molecule has 1 atom stereocenters.